The second kappa shape index (κ2) is 55.7. The molecular weight excluding hydrogens is 829 g/mol. The molecule has 0 aromatic rings. The Balaban J connectivity index is 3.99. The second-order valence-electron chi connectivity index (χ2n) is 19.2. The molecule has 0 saturated heterocycles. The van der Waals surface area contributed by atoms with Crippen LogP contribution >= 0.6 is 0 Å². The van der Waals surface area contributed by atoms with E-state index in [4.69, 9.17) is 14.2 Å². The Bertz CT molecular complexity index is 1210. The molecule has 0 amide bonds. The van der Waals surface area contributed by atoms with Crippen molar-refractivity contribution >= 4 is 17.9 Å². The van der Waals surface area contributed by atoms with Crippen LogP contribution in [0, 0.1) is 0 Å². The van der Waals surface area contributed by atoms with Crippen LogP contribution in [0.4, 0.5) is 0 Å². The summed E-state index contributed by atoms with van der Waals surface area (Å²) in [7, 11) is 0. The number of rotatable bonds is 52. The van der Waals surface area contributed by atoms with Gasteiger partial charge in [-0.2, -0.15) is 0 Å². The Morgan fingerprint density at radius 1 is 0.313 bits per heavy atom. The summed E-state index contributed by atoms with van der Waals surface area (Å²) in [5.41, 5.74) is 0. The first-order chi connectivity index (χ1) is 33.0. The van der Waals surface area contributed by atoms with Crippen molar-refractivity contribution in [2.24, 2.45) is 0 Å². The summed E-state index contributed by atoms with van der Waals surface area (Å²) in [5, 5.41) is 0. The van der Waals surface area contributed by atoms with Gasteiger partial charge in [-0.3, -0.25) is 14.4 Å². The van der Waals surface area contributed by atoms with Gasteiger partial charge < -0.3 is 14.2 Å². The lowest BCUT2D eigenvalue weighted by Gasteiger charge is -2.18. The lowest BCUT2D eigenvalue weighted by Crippen LogP contribution is -2.30. The summed E-state index contributed by atoms with van der Waals surface area (Å²) in [6, 6.07) is 0. The van der Waals surface area contributed by atoms with Gasteiger partial charge in [0.15, 0.2) is 6.10 Å². The number of ether oxygens (including phenoxy) is 3. The highest BCUT2D eigenvalue weighted by Crippen LogP contribution is 2.16. The summed E-state index contributed by atoms with van der Waals surface area (Å²) < 4.78 is 16.7. The largest absolute Gasteiger partial charge is 0.462 e. The third kappa shape index (κ3) is 53.9. The maximum absolute atomic E-state index is 12.7. The van der Waals surface area contributed by atoms with E-state index in [9.17, 15) is 14.4 Å². The number of carbonyl (C=O) groups is 3. The predicted molar refractivity (Wildman–Crippen MR) is 288 cm³/mol. The average Bonchev–Trinajstić information content (AvgIpc) is 3.33. The Morgan fingerprint density at radius 2 is 0.582 bits per heavy atom. The molecular formula is C61H108O6. The molecule has 0 bridgehead atoms. The molecule has 0 spiro atoms. The predicted octanol–water partition coefficient (Wildman–Crippen LogP) is 19.2. The molecule has 0 fully saturated rings. The highest BCUT2D eigenvalue weighted by molar-refractivity contribution is 5.71. The van der Waals surface area contributed by atoms with Crippen LogP contribution in [0.15, 0.2) is 60.8 Å². The van der Waals surface area contributed by atoms with Crippen LogP contribution in [-0.4, -0.2) is 37.2 Å². The number of carbonyl (C=O) groups excluding carboxylic acids is 3. The van der Waals surface area contributed by atoms with E-state index in [0.29, 0.717) is 19.3 Å². The zero-order valence-corrected chi connectivity index (χ0v) is 44.4. The molecule has 6 heteroatoms. The molecule has 0 rings (SSSR count). The van der Waals surface area contributed by atoms with Gasteiger partial charge >= 0.3 is 17.9 Å². The van der Waals surface area contributed by atoms with Crippen LogP contribution in [0.2, 0.25) is 0 Å². The average molecular weight is 938 g/mol. The molecule has 0 saturated carbocycles. The number of hydrogen-bond acceptors (Lipinski definition) is 6. The fraction of sp³-hybridized carbons (Fsp3) is 0.787. The van der Waals surface area contributed by atoms with Crippen LogP contribution in [0.3, 0.4) is 0 Å². The molecule has 0 aliphatic carbocycles. The molecule has 67 heavy (non-hydrogen) atoms. The molecule has 0 N–H and O–H groups in total. The maximum Gasteiger partial charge on any atom is 0.306 e. The first-order valence-electron chi connectivity index (χ1n) is 28.8. The Kier molecular flexibility index (Phi) is 53.3. The smallest absolute Gasteiger partial charge is 0.306 e. The van der Waals surface area contributed by atoms with Crippen LogP contribution < -0.4 is 0 Å². The number of esters is 3. The second-order valence-corrected chi connectivity index (χ2v) is 19.2. The summed E-state index contributed by atoms with van der Waals surface area (Å²) in [4.78, 5) is 37.7. The standard InChI is InChI=1S/C61H108O6/c1-4-7-10-13-15-17-19-21-23-24-25-26-27-28-29-30-31-32-33-34-35-36-38-39-41-43-45-48-51-54-60(63)66-57-58(56-65-59(62)53-50-47-12-9-6-3)67-61(64)55-52-49-46-44-42-40-37-22-20-18-16-14-11-8-5-2/h8,11,16,18-19,21-22,24-25,37,58H,4-7,9-10,12-15,17,20,23,26-36,38-57H2,1-3H3/b11-8-,18-16-,21-19-,25-24-,37-22-. The minimum atomic E-state index is -0.778. The van der Waals surface area contributed by atoms with Crippen molar-refractivity contribution in [1.82, 2.24) is 0 Å². The molecule has 1 atom stereocenters. The van der Waals surface area contributed by atoms with Crippen LogP contribution in [-0.2, 0) is 28.6 Å². The van der Waals surface area contributed by atoms with Crippen LogP contribution in [0.25, 0.3) is 0 Å². The molecule has 0 aromatic carbocycles. The summed E-state index contributed by atoms with van der Waals surface area (Å²) in [5.74, 6) is -0.903. The van der Waals surface area contributed by atoms with E-state index < -0.39 is 6.10 Å². The van der Waals surface area contributed by atoms with E-state index in [0.717, 1.165) is 109 Å². The van der Waals surface area contributed by atoms with E-state index in [-0.39, 0.29) is 31.1 Å². The number of hydrogen-bond donors (Lipinski definition) is 0. The van der Waals surface area contributed by atoms with Gasteiger partial charge in [-0.15, -0.1) is 0 Å². The van der Waals surface area contributed by atoms with Gasteiger partial charge in [0, 0.05) is 19.3 Å². The molecule has 388 valence electrons. The molecule has 6 nitrogen and oxygen atoms in total. The minimum Gasteiger partial charge on any atom is -0.462 e. The van der Waals surface area contributed by atoms with Crippen molar-refractivity contribution in [3.63, 3.8) is 0 Å². The molecule has 0 aliphatic rings. The third-order valence-corrected chi connectivity index (χ3v) is 12.5. The molecule has 1 unspecified atom stereocenters. The van der Waals surface area contributed by atoms with Crippen molar-refractivity contribution in [2.45, 2.75) is 297 Å². The van der Waals surface area contributed by atoms with Gasteiger partial charge in [0.1, 0.15) is 13.2 Å². The SMILES string of the molecule is CC/C=C\C/C=C\C/C=C\CCCCCCCC(=O)OC(COC(=O)CCCCCCC)COC(=O)CCCCCCCCCCCCCCCCCCC/C=C\C/C=C\CCCCCCC. The fourth-order valence-electron chi connectivity index (χ4n) is 8.19. The highest BCUT2D eigenvalue weighted by atomic mass is 16.6. The normalized spacial score (nSPS) is 12.5. The van der Waals surface area contributed by atoms with E-state index in [2.05, 4.69) is 81.5 Å². The minimum absolute atomic E-state index is 0.0795. The van der Waals surface area contributed by atoms with Crippen LogP contribution in [0.1, 0.15) is 290 Å². The van der Waals surface area contributed by atoms with Crippen molar-refractivity contribution in [2.75, 3.05) is 13.2 Å². The van der Waals surface area contributed by atoms with Crippen LogP contribution in [0.5, 0.6) is 0 Å². The number of allylic oxidation sites excluding steroid dienone is 10. The van der Waals surface area contributed by atoms with Gasteiger partial charge in [0.2, 0.25) is 0 Å². The third-order valence-electron chi connectivity index (χ3n) is 12.5. The lowest BCUT2D eigenvalue weighted by molar-refractivity contribution is -0.167. The first-order valence-corrected chi connectivity index (χ1v) is 28.8. The molecule has 0 aliphatic heterocycles. The molecule has 0 radical (unpaired) electrons. The molecule has 0 heterocycles. The van der Waals surface area contributed by atoms with Crippen molar-refractivity contribution < 1.29 is 28.6 Å². The lowest BCUT2D eigenvalue weighted by atomic mass is 10.0. The van der Waals surface area contributed by atoms with Crippen molar-refractivity contribution in [3.8, 4) is 0 Å². The van der Waals surface area contributed by atoms with E-state index in [1.165, 1.54) is 141 Å². The van der Waals surface area contributed by atoms with E-state index >= 15 is 0 Å². The van der Waals surface area contributed by atoms with Crippen molar-refractivity contribution in [1.29, 1.82) is 0 Å². The monoisotopic (exact) mass is 937 g/mol. The Labute approximate surface area is 415 Å². The quantitative estimate of drug-likeness (QED) is 0.0262. The topological polar surface area (TPSA) is 78.9 Å². The maximum atomic E-state index is 12.7. The summed E-state index contributed by atoms with van der Waals surface area (Å²) in [6.07, 6.45) is 69.9. The highest BCUT2D eigenvalue weighted by Gasteiger charge is 2.19. The molecule has 0 aromatic heterocycles. The summed E-state index contributed by atoms with van der Waals surface area (Å²) >= 11 is 0. The first kappa shape index (κ1) is 64.1. The van der Waals surface area contributed by atoms with Crippen molar-refractivity contribution in [3.05, 3.63) is 60.8 Å². The van der Waals surface area contributed by atoms with Gasteiger partial charge in [-0.25, -0.2) is 0 Å². The number of unbranched alkanes of at least 4 members (excludes halogenated alkanes) is 31. The summed E-state index contributed by atoms with van der Waals surface area (Å²) in [6.45, 7) is 6.44. The zero-order valence-electron chi connectivity index (χ0n) is 44.4. The zero-order chi connectivity index (χ0) is 48.6. The fourth-order valence-corrected chi connectivity index (χ4v) is 8.19. The van der Waals surface area contributed by atoms with Gasteiger partial charge in [-0.05, 0) is 83.5 Å². The van der Waals surface area contributed by atoms with E-state index in [1.54, 1.807) is 0 Å². The van der Waals surface area contributed by atoms with Gasteiger partial charge in [0.25, 0.3) is 0 Å². The van der Waals surface area contributed by atoms with Gasteiger partial charge in [0.05, 0.1) is 0 Å². The Morgan fingerprint density at radius 3 is 0.910 bits per heavy atom. The van der Waals surface area contributed by atoms with E-state index in [1.807, 2.05) is 0 Å². The van der Waals surface area contributed by atoms with Gasteiger partial charge in [-0.1, -0.05) is 248 Å². The Hall–Kier alpha value is -2.89.